The molecule has 0 N–H and O–H groups in total. The number of esters is 2. The lowest BCUT2D eigenvalue weighted by Crippen LogP contribution is -2.12. The molecule has 66 heavy (non-hydrogen) atoms. The van der Waals surface area contributed by atoms with E-state index >= 15 is 0 Å². The van der Waals surface area contributed by atoms with Gasteiger partial charge in [-0.15, -0.1) is 0 Å². The van der Waals surface area contributed by atoms with E-state index in [2.05, 4.69) is 71.0 Å². The van der Waals surface area contributed by atoms with Crippen LogP contribution in [0.2, 0.25) is 0 Å². The van der Waals surface area contributed by atoms with Crippen molar-refractivity contribution in [3.05, 3.63) is 24.3 Å². The van der Waals surface area contributed by atoms with E-state index in [1.165, 1.54) is 244 Å². The molecule has 390 valence electrons. The highest BCUT2D eigenvalue weighted by Crippen LogP contribution is 2.26. The van der Waals surface area contributed by atoms with Crippen molar-refractivity contribution in [2.24, 2.45) is 17.8 Å². The molecule has 0 saturated heterocycles. The highest BCUT2D eigenvalue weighted by molar-refractivity contribution is 5.69. The van der Waals surface area contributed by atoms with E-state index in [0.29, 0.717) is 37.9 Å². The van der Waals surface area contributed by atoms with Gasteiger partial charge in [0.05, 0.1) is 0 Å². The standard InChI is InChI=1S/C61H117NO4/c1-7-11-15-31-43-58(44-32-16-12-8-2)50-41-55-65-60(63)52-38-27-23-19-21-25-35-47-57(49-37-29-30-40-54-62(5)6)48-36-26-22-20-24-28-39-53-61(64)66-56-42-51-59(45-33-17-13-9-3)46-34-18-14-10-4/h41-42,50-51,57-59H,7-40,43-49,52-56H2,1-6H3/b50-41-,51-42-. The summed E-state index contributed by atoms with van der Waals surface area (Å²) in [4.78, 5) is 27.1. The number of allylic oxidation sites excluding steroid dienone is 2. The molecule has 0 heterocycles. The van der Waals surface area contributed by atoms with Gasteiger partial charge < -0.3 is 14.4 Å². The van der Waals surface area contributed by atoms with Crippen LogP contribution in [-0.4, -0.2) is 50.7 Å². The Hall–Kier alpha value is -1.62. The van der Waals surface area contributed by atoms with Crippen LogP contribution in [0, 0.1) is 17.8 Å². The summed E-state index contributed by atoms with van der Waals surface area (Å²) in [7, 11) is 4.37. The molecular formula is C61H117NO4. The van der Waals surface area contributed by atoms with Crippen LogP contribution in [-0.2, 0) is 19.1 Å². The van der Waals surface area contributed by atoms with E-state index in [0.717, 1.165) is 31.6 Å². The van der Waals surface area contributed by atoms with Crippen LogP contribution < -0.4 is 0 Å². The quantitative estimate of drug-likeness (QED) is 0.0346. The first-order valence-electron chi connectivity index (χ1n) is 29.6. The van der Waals surface area contributed by atoms with Gasteiger partial charge in [-0.05, 0) is 83.3 Å². The molecule has 0 aliphatic heterocycles. The molecule has 0 bridgehead atoms. The fraction of sp³-hybridized carbons (Fsp3) is 0.902. The molecule has 0 amide bonds. The van der Waals surface area contributed by atoms with Gasteiger partial charge in [0.25, 0.3) is 0 Å². The number of rotatable bonds is 53. The summed E-state index contributed by atoms with van der Waals surface area (Å²) in [5.41, 5.74) is 0. The zero-order valence-corrected chi connectivity index (χ0v) is 45.6. The average Bonchev–Trinajstić information content (AvgIpc) is 3.31. The first kappa shape index (κ1) is 64.4. The monoisotopic (exact) mass is 928 g/mol. The fourth-order valence-electron chi connectivity index (χ4n) is 9.75. The molecular weight excluding hydrogens is 811 g/mol. The van der Waals surface area contributed by atoms with E-state index in [1.54, 1.807) is 0 Å². The summed E-state index contributed by atoms with van der Waals surface area (Å²) in [6.07, 6.45) is 63.4. The Morgan fingerprint density at radius 2 is 0.636 bits per heavy atom. The Labute approximate surface area is 414 Å². The second kappa shape index (κ2) is 52.7. The van der Waals surface area contributed by atoms with Crippen LogP contribution in [0.1, 0.15) is 304 Å². The number of hydrogen-bond acceptors (Lipinski definition) is 5. The Bertz CT molecular complexity index is 958. The van der Waals surface area contributed by atoms with Crippen molar-refractivity contribution in [2.75, 3.05) is 33.9 Å². The van der Waals surface area contributed by atoms with Gasteiger partial charge in [-0.2, -0.15) is 0 Å². The second-order valence-electron chi connectivity index (χ2n) is 21.0. The van der Waals surface area contributed by atoms with Crippen LogP contribution in [0.25, 0.3) is 0 Å². The van der Waals surface area contributed by atoms with E-state index in [-0.39, 0.29) is 11.9 Å². The van der Waals surface area contributed by atoms with Gasteiger partial charge in [-0.3, -0.25) is 9.59 Å². The molecule has 0 aromatic carbocycles. The predicted molar refractivity (Wildman–Crippen MR) is 290 cm³/mol. The molecule has 5 heteroatoms. The highest BCUT2D eigenvalue weighted by Gasteiger charge is 2.11. The molecule has 0 aromatic heterocycles. The van der Waals surface area contributed by atoms with Crippen molar-refractivity contribution in [1.29, 1.82) is 0 Å². The normalized spacial score (nSPS) is 12.1. The van der Waals surface area contributed by atoms with Crippen LogP contribution >= 0.6 is 0 Å². The molecule has 0 aliphatic rings. The maximum atomic E-state index is 12.4. The summed E-state index contributed by atoms with van der Waals surface area (Å²) in [6, 6.07) is 0. The average molecular weight is 929 g/mol. The molecule has 0 fully saturated rings. The minimum atomic E-state index is -0.0247. The maximum Gasteiger partial charge on any atom is 0.306 e. The number of unbranched alkanes of at least 4 members (excludes halogenated alkanes) is 27. The van der Waals surface area contributed by atoms with Gasteiger partial charge in [0.1, 0.15) is 13.2 Å². The zero-order chi connectivity index (χ0) is 48.2. The Morgan fingerprint density at radius 1 is 0.364 bits per heavy atom. The summed E-state index contributed by atoms with van der Waals surface area (Å²) in [5, 5.41) is 0. The molecule has 0 unspecified atom stereocenters. The van der Waals surface area contributed by atoms with Crippen molar-refractivity contribution < 1.29 is 19.1 Å². The number of ether oxygens (including phenoxy) is 2. The van der Waals surface area contributed by atoms with E-state index < -0.39 is 0 Å². The molecule has 5 nitrogen and oxygen atoms in total. The first-order chi connectivity index (χ1) is 32.4. The first-order valence-corrected chi connectivity index (χ1v) is 29.6. The molecule has 0 spiro atoms. The molecule has 0 rings (SSSR count). The minimum Gasteiger partial charge on any atom is -0.461 e. The lowest BCUT2D eigenvalue weighted by atomic mass is 9.89. The van der Waals surface area contributed by atoms with Gasteiger partial charge in [0.2, 0.25) is 0 Å². The van der Waals surface area contributed by atoms with Gasteiger partial charge in [0, 0.05) is 12.8 Å². The lowest BCUT2D eigenvalue weighted by Gasteiger charge is -2.17. The maximum absolute atomic E-state index is 12.4. The third kappa shape index (κ3) is 48.8. The van der Waals surface area contributed by atoms with Gasteiger partial charge in [-0.25, -0.2) is 0 Å². The smallest absolute Gasteiger partial charge is 0.306 e. The van der Waals surface area contributed by atoms with Crippen molar-refractivity contribution in [2.45, 2.75) is 304 Å². The zero-order valence-electron chi connectivity index (χ0n) is 45.6. The Kier molecular flexibility index (Phi) is 51.5. The third-order valence-electron chi connectivity index (χ3n) is 14.2. The SMILES string of the molecule is CCCCCCC(/C=C\COC(=O)CCCCCCCCCC(CCCCCCCCCC(=O)OC/C=C\C(CCCCCC)CCCCCC)CCCCCCN(C)C)CCCCCC. The van der Waals surface area contributed by atoms with E-state index in [4.69, 9.17) is 9.47 Å². The van der Waals surface area contributed by atoms with Crippen molar-refractivity contribution in [3.8, 4) is 0 Å². The van der Waals surface area contributed by atoms with Crippen LogP contribution in [0.4, 0.5) is 0 Å². The molecule has 0 radical (unpaired) electrons. The van der Waals surface area contributed by atoms with Crippen LogP contribution in [0.15, 0.2) is 24.3 Å². The summed E-state index contributed by atoms with van der Waals surface area (Å²) >= 11 is 0. The summed E-state index contributed by atoms with van der Waals surface area (Å²) < 4.78 is 11.2. The highest BCUT2D eigenvalue weighted by atomic mass is 16.5. The van der Waals surface area contributed by atoms with Gasteiger partial charge in [-0.1, -0.05) is 270 Å². The van der Waals surface area contributed by atoms with Crippen LogP contribution in [0.5, 0.6) is 0 Å². The number of carbonyl (C=O) groups is 2. The van der Waals surface area contributed by atoms with Crippen molar-refractivity contribution in [1.82, 2.24) is 4.90 Å². The van der Waals surface area contributed by atoms with Gasteiger partial charge in [0.15, 0.2) is 0 Å². The van der Waals surface area contributed by atoms with E-state index in [1.807, 2.05) is 0 Å². The molecule has 0 aromatic rings. The fourth-order valence-corrected chi connectivity index (χ4v) is 9.75. The Morgan fingerprint density at radius 3 is 0.955 bits per heavy atom. The molecule has 0 saturated carbocycles. The van der Waals surface area contributed by atoms with E-state index in [9.17, 15) is 9.59 Å². The third-order valence-corrected chi connectivity index (χ3v) is 14.2. The summed E-state index contributed by atoms with van der Waals surface area (Å²) in [5.74, 6) is 2.12. The number of carbonyl (C=O) groups excluding carboxylic acids is 2. The molecule has 0 aliphatic carbocycles. The van der Waals surface area contributed by atoms with Crippen LogP contribution in [0.3, 0.4) is 0 Å². The second-order valence-corrected chi connectivity index (χ2v) is 21.0. The van der Waals surface area contributed by atoms with Gasteiger partial charge >= 0.3 is 11.9 Å². The number of hydrogen-bond donors (Lipinski definition) is 0. The van der Waals surface area contributed by atoms with Crippen molar-refractivity contribution >= 4 is 11.9 Å². The topological polar surface area (TPSA) is 55.8 Å². The Balaban J connectivity index is 4.26. The lowest BCUT2D eigenvalue weighted by molar-refractivity contribution is -0.143. The summed E-state index contributed by atoms with van der Waals surface area (Å²) in [6.45, 7) is 11.2. The molecule has 0 atom stereocenters. The largest absolute Gasteiger partial charge is 0.461 e. The van der Waals surface area contributed by atoms with Crippen molar-refractivity contribution in [3.63, 3.8) is 0 Å². The minimum absolute atomic E-state index is 0.0247. The number of nitrogens with zero attached hydrogens (tertiary/aromatic N) is 1. The predicted octanol–water partition coefficient (Wildman–Crippen LogP) is 19.4.